The molecule has 0 bridgehead atoms. The molecule has 1 heterocycles. The van der Waals surface area contributed by atoms with Gasteiger partial charge in [0.2, 0.25) is 0 Å². The molecule has 0 spiro atoms. The maximum absolute atomic E-state index is 2.31. The highest BCUT2D eigenvalue weighted by Gasteiger charge is 2.29. The molecule has 1 aromatic heterocycles. The zero-order valence-corrected chi connectivity index (χ0v) is 19.8. The van der Waals surface area contributed by atoms with E-state index in [1.54, 1.807) is 0 Å². The Hall–Kier alpha value is 0.550. The third-order valence-corrected chi connectivity index (χ3v) is 8.01. The Labute approximate surface area is 160 Å². The van der Waals surface area contributed by atoms with E-state index in [4.69, 9.17) is 0 Å². The van der Waals surface area contributed by atoms with Gasteiger partial charge < -0.3 is 4.90 Å². The number of nitrogens with zero attached hydrogens (tertiary/aromatic N) is 1. The molecule has 0 fully saturated rings. The summed E-state index contributed by atoms with van der Waals surface area (Å²) in [6.45, 7) is 20.7. The van der Waals surface area contributed by atoms with Crippen LogP contribution >= 0.6 is 46.6 Å². The summed E-state index contributed by atoms with van der Waals surface area (Å²) in [6, 6.07) is 0. The first kappa shape index (κ1) is 21.6. The van der Waals surface area contributed by atoms with Crippen LogP contribution in [0.3, 0.4) is 0 Å². The minimum absolute atomic E-state index is 0.211. The molecular weight excluding hydrogens is 358 g/mol. The van der Waals surface area contributed by atoms with E-state index in [1.165, 1.54) is 19.0 Å². The summed E-state index contributed by atoms with van der Waals surface area (Å²) in [5.41, 5.74) is 0. The first-order chi connectivity index (χ1) is 10.1. The molecule has 23 heavy (non-hydrogen) atoms. The quantitative estimate of drug-likeness (QED) is 0.489. The second kappa shape index (κ2) is 7.43. The zero-order valence-electron chi connectivity index (χ0n) is 16.6. The number of anilines is 1. The van der Waals surface area contributed by atoms with Crippen molar-refractivity contribution in [2.24, 2.45) is 0 Å². The lowest BCUT2D eigenvalue weighted by Gasteiger charge is -2.25. The van der Waals surface area contributed by atoms with Gasteiger partial charge in [-0.3, -0.25) is 0 Å². The van der Waals surface area contributed by atoms with Crippen molar-refractivity contribution in [3.63, 3.8) is 0 Å². The lowest BCUT2D eigenvalue weighted by atomic mass is 10.3. The Bertz CT molecular complexity index is 525. The molecule has 0 saturated carbocycles. The number of hydrogen-bond acceptors (Lipinski definition) is 5. The van der Waals surface area contributed by atoms with Crippen LogP contribution < -0.4 is 4.90 Å². The third kappa shape index (κ3) is 7.54. The molecule has 0 atom stereocenters. The van der Waals surface area contributed by atoms with Crippen molar-refractivity contribution in [1.82, 2.24) is 0 Å². The highest BCUT2D eigenvalue weighted by molar-refractivity contribution is 8.06. The summed E-state index contributed by atoms with van der Waals surface area (Å²) >= 11 is 7.97. The van der Waals surface area contributed by atoms with E-state index in [-0.39, 0.29) is 14.2 Å². The monoisotopic (exact) mass is 391 g/mol. The fourth-order valence-electron chi connectivity index (χ4n) is 1.80. The van der Waals surface area contributed by atoms with Crippen LogP contribution in [0.25, 0.3) is 0 Å². The maximum Gasteiger partial charge on any atom is 0.106 e. The molecule has 0 unspecified atom stereocenters. The van der Waals surface area contributed by atoms with Gasteiger partial charge in [-0.1, -0.05) is 62.3 Å². The van der Waals surface area contributed by atoms with Crippen molar-refractivity contribution in [3.05, 3.63) is 0 Å². The zero-order chi connectivity index (χ0) is 18.2. The van der Waals surface area contributed by atoms with E-state index in [0.29, 0.717) is 0 Å². The van der Waals surface area contributed by atoms with Crippen LogP contribution in [0.4, 0.5) is 5.00 Å². The minimum atomic E-state index is 0.211. The second-order valence-corrected chi connectivity index (χ2v) is 15.7. The molecule has 0 saturated heterocycles. The summed E-state index contributed by atoms with van der Waals surface area (Å²) in [4.78, 5) is 5.21. The largest absolute Gasteiger partial charge is 0.369 e. The van der Waals surface area contributed by atoms with Crippen molar-refractivity contribution in [2.75, 3.05) is 19.0 Å². The van der Waals surface area contributed by atoms with Gasteiger partial charge in [0.05, 0.1) is 9.10 Å². The van der Waals surface area contributed by atoms with Crippen molar-refractivity contribution in [2.45, 2.75) is 90.6 Å². The van der Waals surface area contributed by atoms with Gasteiger partial charge in [-0.25, -0.2) is 0 Å². The standard InChI is InChI=1S/C18H33NS4/c1-16(2,3)21-12-13(22-17(4,5)6)15(23-18(7,8)9)20-14(12)19(10)11/h1-11H3. The van der Waals surface area contributed by atoms with E-state index >= 15 is 0 Å². The van der Waals surface area contributed by atoms with E-state index in [0.717, 1.165) is 0 Å². The molecule has 1 rings (SSSR count). The van der Waals surface area contributed by atoms with Gasteiger partial charge in [-0.05, 0) is 0 Å². The second-order valence-electron chi connectivity index (χ2n) is 8.89. The Morgan fingerprint density at radius 3 is 1.39 bits per heavy atom. The SMILES string of the molecule is CN(C)c1sc(SC(C)(C)C)c(SC(C)(C)C)c1SC(C)(C)C. The molecule has 5 heteroatoms. The van der Waals surface area contributed by atoms with Crippen LogP contribution in [0.2, 0.25) is 0 Å². The fourth-order valence-corrected chi connectivity index (χ4v) is 7.61. The predicted octanol–water partition coefficient (Wildman–Crippen LogP) is 7.49. The molecule has 1 nitrogen and oxygen atoms in total. The number of thiophene rings is 1. The Morgan fingerprint density at radius 1 is 0.652 bits per heavy atom. The van der Waals surface area contributed by atoms with Crippen LogP contribution in [0.15, 0.2) is 14.0 Å². The van der Waals surface area contributed by atoms with E-state index < -0.39 is 0 Å². The van der Waals surface area contributed by atoms with E-state index in [9.17, 15) is 0 Å². The van der Waals surface area contributed by atoms with E-state index in [1.807, 2.05) is 46.6 Å². The summed E-state index contributed by atoms with van der Waals surface area (Å²) in [5, 5.41) is 1.39. The molecule has 134 valence electrons. The molecule has 0 radical (unpaired) electrons. The molecular formula is C18H33NS4. The van der Waals surface area contributed by atoms with E-state index in [2.05, 4.69) is 81.3 Å². The highest BCUT2D eigenvalue weighted by atomic mass is 32.2. The van der Waals surface area contributed by atoms with Gasteiger partial charge in [0.25, 0.3) is 0 Å². The van der Waals surface area contributed by atoms with Gasteiger partial charge in [-0.2, -0.15) is 0 Å². The van der Waals surface area contributed by atoms with Crippen LogP contribution in [-0.2, 0) is 0 Å². The van der Waals surface area contributed by atoms with Gasteiger partial charge in [0.15, 0.2) is 0 Å². The third-order valence-electron chi connectivity index (χ3n) is 2.40. The number of rotatable bonds is 4. The molecule has 0 N–H and O–H groups in total. The highest BCUT2D eigenvalue weighted by Crippen LogP contribution is 2.56. The molecule has 0 aliphatic heterocycles. The minimum Gasteiger partial charge on any atom is -0.369 e. The average Bonchev–Trinajstić information content (AvgIpc) is 2.51. The Morgan fingerprint density at radius 2 is 1.04 bits per heavy atom. The normalized spacial score (nSPS) is 13.5. The summed E-state index contributed by atoms with van der Waals surface area (Å²) in [6.07, 6.45) is 0. The summed E-state index contributed by atoms with van der Waals surface area (Å²) < 4.78 is 2.12. The predicted molar refractivity (Wildman–Crippen MR) is 115 cm³/mol. The van der Waals surface area contributed by atoms with Crippen molar-refractivity contribution < 1.29 is 0 Å². The first-order valence-electron chi connectivity index (χ1n) is 8.00. The first-order valence-corrected chi connectivity index (χ1v) is 11.3. The van der Waals surface area contributed by atoms with Crippen LogP contribution in [-0.4, -0.2) is 28.3 Å². The molecule has 0 aliphatic rings. The molecule has 0 amide bonds. The Kier molecular flexibility index (Phi) is 6.97. The van der Waals surface area contributed by atoms with Crippen LogP contribution in [0.5, 0.6) is 0 Å². The van der Waals surface area contributed by atoms with Gasteiger partial charge >= 0.3 is 0 Å². The smallest absolute Gasteiger partial charge is 0.106 e. The van der Waals surface area contributed by atoms with Crippen molar-refractivity contribution in [1.29, 1.82) is 0 Å². The Balaban J connectivity index is 3.47. The average molecular weight is 392 g/mol. The summed E-state index contributed by atoms with van der Waals surface area (Å²) in [5.74, 6) is 0. The lowest BCUT2D eigenvalue weighted by Crippen LogP contribution is -2.12. The summed E-state index contributed by atoms with van der Waals surface area (Å²) in [7, 11) is 4.32. The van der Waals surface area contributed by atoms with Gasteiger partial charge in [-0.15, -0.1) is 46.6 Å². The van der Waals surface area contributed by atoms with Crippen LogP contribution in [0.1, 0.15) is 62.3 Å². The van der Waals surface area contributed by atoms with Crippen molar-refractivity contribution >= 4 is 51.6 Å². The topological polar surface area (TPSA) is 3.24 Å². The van der Waals surface area contributed by atoms with Gasteiger partial charge in [0.1, 0.15) is 5.00 Å². The lowest BCUT2D eigenvalue weighted by molar-refractivity contribution is 0.790. The van der Waals surface area contributed by atoms with Crippen LogP contribution in [0, 0.1) is 0 Å². The molecule has 1 aromatic rings. The molecule has 0 aromatic carbocycles. The maximum atomic E-state index is 2.31. The van der Waals surface area contributed by atoms with Crippen molar-refractivity contribution in [3.8, 4) is 0 Å². The molecule has 0 aliphatic carbocycles. The number of thioether (sulfide) groups is 3. The number of hydrogen-bond donors (Lipinski definition) is 0. The fraction of sp³-hybridized carbons (Fsp3) is 0.778. The van der Waals surface area contributed by atoms with Gasteiger partial charge in [0, 0.05) is 33.2 Å².